The minimum atomic E-state index is -0.136. The van der Waals surface area contributed by atoms with Gasteiger partial charge in [-0.1, -0.05) is 37.1 Å². The third-order valence-electron chi connectivity index (χ3n) is 6.89. The van der Waals surface area contributed by atoms with Crippen LogP contribution in [-0.2, 0) is 9.53 Å². The number of likely N-dealkylation sites (tertiary alicyclic amines) is 2. The zero-order valence-corrected chi connectivity index (χ0v) is 18.7. The zero-order chi connectivity index (χ0) is 21.1. The van der Waals surface area contributed by atoms with Crippen molar-refractivity contribution >= 4 is 18.6 Å². The zero-order valence-electron chi connectivity index (χ0n) is 17.8. The first-order valence-corrected chi connectivity index (χ1v) is 11.8. The van der Waals surface area contributed by atoms with Gasteiger partial charge in [0, 0.05) is 36.5 Å². The van der Waals surface area contributed by atoms with E-state index >= 15 is 0 Å². The van der Waals surface area contributed by atoms with Gasteiger partial charge in [-0.15, -0.1) is 0 Å². The molecule has 4 nitrogen and oxygen atoms in total. The van der Waals surface area contributed by atoms with Crippen molar-refractivity contribution in [2.45, 2.75) is 55.9 Å². The lowest BCUT2D eigenvalue weighted by Crippen LogP contribution is -2.40. The highest BCUT2D eigenvalue weighted by atomic mass is 32.1. The monoisotopic (exact) mass is 432 g/mol. The molecule has 0 N–H and O–H groups in total. The molecule has 3 aliphatic rings. The summed E-state index contributed by atoms with van der Waals surface area (Å²) in [4.78, 5) is 16.7. The third kappa shape index (κ3) is 5.09. The Hall–Kier alpha value is -1.37. The van der Waals surface area contributed by atoms with Crippen LogP contribution in [0, 0.1) is 11.7 Å². The molecule has 2 saturated heterocycles. The second-order valence-electron chi connectivity index (χ2n) is 8.95. The van der Waals surface area contributed by atoms with Gasteiger partial charge in [-0.05, 0) is 49.8 Å². The van der Waals surface area contributed by atoms with E-state index in [4.69, 9.17) is 17.4 Å². The lowest BCUT2D eigenvalue weighted by Gasteiger charge is -2.39. The Kier molecular flexibility index (Phi) is 7.16. The average molecular weight is 433 g/mol. The Morgan fingerprint density at radius 3 is 2.80 bits per heavy atom. The molecule has 164 valence electrons. The summed E-state index contributed by atoms with van der Waals surface area (Å²) in [6.07, 6.45) is 8.66. The van der Waals surface area contributed by atoms with Crippen molar-refractivity contribution in [3.05, 3.63) is 47.3 Å². The molecule has 0 bridgehead atoms. The quantitative estimate of drug-likeness (QED) is 0.397. The predicted molar refractivity (Wildman–Crippen MR) is 120 cm³/mol. The van der Waals surface area contributed by atoms with Crippen molar-refractivity contribution < 1.29 is 13.9 Å². The normalized spacial score (nSPS) is 28.0. The van der Waals surface area contributed by atoms with E-state index in [0.29, 0.717) is 0 Å². The van der Waals surface area contributed by atoms with Crippen LogP contribution in [0.1, 0.15) is 50.1 Å². The number of carbonyl (C=O) groups is 1. The van der Waals surface area contributed by atoms with Gasteiger partial charge in [-0.3, -0.25) is 14.6 Å². The first-order valence-electron chi connectivity index (χ1n) is 11.2. The Morgan fingerprint density at radius 1 is 1.27 bits per heavy atom. The van der Waals surface area contributed by atoms with Gasteiger partial charge in [0.2, 0.25) is 0 Å². The summed E-state index contributed by atoms with van der Waals surface area (Å²) in [5, 5.41) is 0.225. The largest absolute Gasteiger partial charge is 0.468 e. The molecular weight excluding hydrogens is 399 g/mol. The summed E-state index contributed by atoms with van der Waals surface area (Å²) in [5.74, 6) is 0.489. The number of carbonyl (C=O) groups excluding carboxylic acids is 1. The molecule has 0 spiro atoms. The third-order valence-corrected chi connectivity index (χ3v) is 7.48. The van der Waals surface area contributed by atoms with Gasteiger partial charge in [0.1, 0.15) is 11.9 Å². The maximum Gasteiger partial charge on any atom is 0.323 e. The molecule has 30 heavy (non-hydrogen) atoms. The van der Waals surface area contributed by atoms with Crippen molar-refractivity contribution in [3.63, 3.8) is 0 Å². The second kappa shape index (κ2) is 9.84. The van der Waals surface area contributed by atoms with Crippen molar-refractivity contribution in [2.75, 3.05) is 33.3 Å². The highest BCUT2D eigenvalue weighted by molar-refractivity contribution is 7.81. The topological polar surface area (TPSA) is 32.8 Å². The molecule has 3 fully saturated rings. The number of methoxy groups -OCH3 is 1. The van der Waals surface area contributed by atoms with E-state index in [1.165, 1.54) is 25.5 Å². The van der Waals surface area contributed by atoms with Crippen LogP contribution in [-0.4, -0.2) is 60.3 Å². The van der Waals surface area contributed by atoms with Gasteiger partial charge in [0.15, 0.2) is 0 Å². The van der Waals surface area contributed by atoms with Crippen molar-refractivity contribution in [1.82, 2.24) is 9.80 Å². The van der Waals surface area contributed by atoms with Gasteiger partial charge >= 0.3 is 5.97 Å². The number of ether oxygens (including phenoxy) is 1. The van der Waals surface area contributed by atoms with Gasteiger partial charge < -0.3 is 4.74 Å². The van der Waals surface area contributed by atoms with Gasteiger partial charge in [-0.2, -0.15) is 12.6 Å². The number of esters is 1. The summed E-state index contributed by atoms with van der Waals surface area (Å²) in [6, 6.07) is 7.23. The molecule has 2 heterocycles. The number of piperidine rings is 1. The molecule has 0 aromatic heterocycles. The Bertz CT molecular complexity index is 782. The van der Waals surface area contributed by atoms with E-state index in [2.05, 4.69) is 15.9 Å². The van der Waals surface area contributed by atoms with Gasteiger partial charge in [0.05, 0.1) is 7.11 Å². The Labute approximate surface area is 184 Å². The van der Waals surface area contributed by atoms with Crippen LogP contribution in [0.5, 0.6) is 0 Å². The minimum Gasteiger partial charge on any atom is -0.468 e. The summed E-state index contributed by atoms with van der Waals surface area (Å²) in [6.45, 7) is 3.42. The molecule has 4 rings (SSSR count). The molecule has 1 aromatic rings. The molecule has 3 atom stereocenters. The summed E-state index contributed by atoms with van der Waals surface area (Å²) >= 11 is 4.83. The van der Waals surface area contributed by atoms with Gasteiger partial charge in [0.25, 0.3) is 0 Å². The summed E-state index contributed by atoms with van der Waals surface area (Å²) in [7, 11) is 1.46. The number of thiol groups is 1. The van der Waals surface area contributed by atoms with Crippen molar-refractivity contribution in [2.24, 2.45) is 5.92 Å². The fraction of sp³-hybridized carbons (Fsp3) is 0.625. The van der Waals surface area contributed by atoms with Gasteiger partial charge in [-0.25, -0.2) is 4.39 Å². The molecule has 1 saturated carbocycles. The highest BCUT2D eigenvalue weighted by Crippen LogP contribution is 2.42. The summed E-state index contributed by atoms with van der Waals surface area (Å²) < 4.78 is 19.6. The van der Waals surface area contributed by atoms with Crippen LogP contribution >= 0.6 is 12.6 Å². The molecule has 1 aromatic carbocycles. The number of halogens is 1. The van der Waals surface area contributed by atoms with Crippen LogP contribution in [0.25, 0.3) is 0 Å². The standard InChI is InChI=1S/C24H33FN2O2S/c1-29-24(28)21-7-4-12-26(21)13-10-18-16-27(14-11-23(18)30)22(15-17-8-9-17)19-5-2-3-6-20(19)25/h2-3,5-6,10,17,21-23,30H,4,7-9,11-16H2,1H3/b18-10+/t21-,22?,23?/m0/s1. The van der Waals surface area contributed by atoms with E-state index in [-0.39, 0.29) is 29.1 Å². The highest BCUT2D eigenvalue weighted by Gasteiger charge is 2.35. The first kappa shape index (κ1) is 21.8. The van der Waals surface area contributed by atoms with Crippen LogP contribution in [0.3, 0.4) is 0 Å². The van der Waals surface area contributed by atoms with Crippen LogP contribution in [0.4, 0.5) is 4.39 Å². The van der Waals surface area contributed by atoms with Crippen LogP contribution in [0.15, 0.2) is 35.9 Å². The maximum atomic E-state index is 14.6. The van der Waals surface area contributed by atoms with E-state index < -0.39 is 0 Å². The van der Waals surface area contributed by atoms with E-state index in [1.54, 1.807) is 12.1 Å². The minimum absolute atomic E-state index is 0.0975. The van der Waals surface area contributed by atoms with E-state index in [9.17, 15) is 9.18 Å². The number of hydrogen-bond donors (Lipinski definition) is 1. The molecule has 2 aliphatic heterocycles. The smallest absolute Gasteiger partial charge is 0.323 e. The number of benzene rings is 1. The molecule has 2 unspecified atom stereocenters. The number of hydrogen-bond acceptors (Lipinski definition) is 5. The molecule has 0 amide bonds. The first-order chi connectivity index (χ1) is 14.6. The molecule has 1 aliphatic carbocycles. The van der Waals surface area contributed by atoms with Crippen LogP contribution < -0.4 is 0 Å². The fourth-order valence-electron chi connectivity index (χ4n) is 4.93. The molecular formula is C24H33FN2O2S. The molecule has 6 heteroatoms. The van der Waals surface area contributed by atoms with Crippen molar-refractivity contribution in [1.29, 1.82) is 0 Å². The van der Waals surface area contributed by atoms with E-state index in [0.717, 1.165) is 63.3 Å². The Balaban J connectivity index is 1.48. The fourth-order valence-corrected chi connectivity index (χ4v) is 5.23. The lowest BCUT2D eigenvalue weighted by molar-refractivity contribution is -0.145. The van der Waals surface area contributed by atoms with E-state index in [1.807, 2.05) is 12.1 Å². The SMILES string of the molecule is COC(=O)[C@@H]1CCCN1C/C=C1\CN(C(CC2CC2)c2ccccc2F)CCC1S. The second-order valence-corrected chi connectivity index (χ2v) is 9.57. The van der Waals surface area contributed by atoms with Crippen molar-refractivity contribution in [3.8, 4) is 0 Å². The van der Waals surface area contributed by atoms with Crippen LogP contribution in [0.2, 0.25) is 0 Å². The Morgan fingerprint density at radius 2 is 2.07 bits per heavy atom. The maximum absolute atomic E-state index is 14.6. The number of rotatable bonds is 7. The average Bonchev–Trinajstić information content (AvgIpc) is 3.46. The lowest BCUT2D eigenvalue weighted by atomic mass is 9.94. The number of nitrogens with zero attached hydrogens (tertiary/aromatic N) is 2. The summed E-state index contributed by atoms with van der Waals surface area (Å²) in [5.41, 5.74) is 2.11. The molecule has 0 radical (unpaired) electrons. The predicted octanol–water partition coefficient (Wildman–Crippen LogP) is 4.23.